The van der Waals surface area contributed by atoms with Crippen LogP contribution in [0.2, 0.25) is 0 Å². The molecule has 2 saturated heterocycles. The molecule has 0 radical (unpaired) electrons. The summed E-state index contributed by atoms with van der Waals surface area (Å²) in [4.78, 5) is 19.4. The molecule has 37 heavy (non-hydrogen) atoms. The summed E-state index contributed by atoms with van der Waals surface area (Å²) in [7, 11) is 1.60. The van der Waals surface area contributed by atoms with Crippen LogP contribution in [0.3, 0.4) is 0 Å². The molecule has 0 aliphatic carbocycles. The molecule has 0 bridgehead atoms. The van der Waals surface area contributed by atoms with Gasteiger partial charge in [0.15, 0.2) is 5.65 Å². The van der Waals surface area contributed by atoms with Crippen molar-refractivity contribution in [1.29, 1.82) is 0 Å². The van der Waals surface area contributed by atoms with Crippen molar-refractivity contribution in [2.24, 2.45) is 0 Å². The van der Waals surface area contributed by atoms with Gasteiger partial charge in [0.05, 0.1) is 63.3 Å². The van der Waals surface area contributed by atoms with Gasteiger partial charge >= 0.3 is 0 Å². The Labute approximate surface area is 218 Å². The van der Waals surface area contributed by atoms with Crippen molar-refractivity contribution in [1.82, 2.24) is 15.0 Å². The minimum absolute atomic E-state index is 0.106. The zero-order valence-corrected chi connectivity index (χ0v) is 22.2. The number of aliphatic hydroxyl groups is 1. The van der Waals surface area contributed by atoms with Gasteiger partial charge in [-0.05, 0) is 51.1 Å². The van der Waals surface area contributed by atoms with Crippen LogP contribution >= 0.6 is 0 Å². The first-order valence-electron chi connectivity index (χ1n) is 12.7. The molecule has 2 aliphatic rings. The first kappa shape index (κ1) is 26.8. The lowest BCUT2D eigenvalue weighted by Gasteiger charge is -2.37. The number of pyridine rings is 1. The summed E-state index contributed by atoms with van der Waals surface area (Å²) >= 11 is 0. The molecule has 198 valence electrons. The summed E-state index contributed by atoms with van der Waals surface area (Å²) < 4.78 is 16.7. The number of aromatic nitrogens is 3. The Bertz CT molecular complexity index is 1220. The second kappa shape index (κ2) is 12.3. The van der Waals surface area contributed by atoms with E-state index >= 15 is 0 Å². The fourth-order valence-electron chi connectivity index (χ4n) is 4.62. The Morgan fingerprint density at radius 3 is 2.32 bits per heavy atom. The van der Waals surface area contributed by atoms with Crippen LogP contribution in [0.4, 0.5) is 11.8 Å². The van der Waals surface area contributed by atoms with Crippen LogP contribution in [0.15, 0.2) is 43.0 Å². The van der Waals surface area contributed by atoms with Gasteiger partial charge in [-0.3, -0.25) is 0 Å². The van der Waals surface area contributed by atoms with E-state index in [-0.39, 0.29) is 18.7 Å². The van der Waals surface area contributed by atoms with Crippen molar-refractivity contribution < 1.29 is 19.3 Å². The number of morpholine rings is 2. The lowest BCUT2D eigenvalue weighted by atomic mass is 10.1. The van der Waals surface area contributed by atoms with Gasteiger partial charge < -0.3 is 29.1 Å². The van der Waals surface area contributed by atoms with E-state index in [0.717, 1.165) is 41.1 Å². The summed E-state index contributed by atoms with van der Waals surface area (Å²) in [6.45, 7) is 13.6. The third-order valence-electron chi connectivity index (χ3n) is 6.54. The number of benzene rings is 1. The van der Waals surface area contributed by atoms with Gasteiger partial charge in [-0.2, -0.15) is 9.97 Å². The third kappa shape index (κ3) is 5.84. The summed E-state index contributed by atoms with van der Waals surface area (Å²) in [5.74, 6) is 2.22. The van der Waals surface area contributed by atoms with Gasteiger partial charge in [0, 0.05) is 24.2 Å². The van der Waals surface area contributed by atoms with Crippen LogP contribution in [0.5, 0.6) is 5.75 Å². The van der Waals surface area contributed by atoms with E-state index in [1.165, 1.54) is 0 Å². The first-order chi connectivity index (χ1) is 18.0. The monoisotopic (exact) mass is 507 g/mol. The van der Waals surface area contributed by atoms with E-state index in [1.807, 2.05) is 37.3 Å². The molecule has 4 heterocycles. The SMILES string of the molecule is C=CC.COc1ccc(-c2ccc3c(N4CCOC[C@@H]4C)nc(N4CCOC[C@@H]4C)nc3n2)cc1CO. The fourth-order valence-corrected chi connectivity index (χ4v) is 4.62. The molecule has 2 aliphatic heterocycles. The molecule has 0 amide bonds. The number of fused-ring (bicyclic) bond motifs is 1. The standard InChI is InChI=1S/C25H31N5O4.C3H6/c1-16-14-33-10-8-29(16)24-20-5-6-21(18-4-7-22(32-3)19(12-18)13-31)26-23(20)27-25(28-24)30-9-11-34-15-17(30)2;1-3-2/h4-7,12,16-17,31H,8-11,13-15H2,1-3H3;3H,1H2,2H3/t16-,17-;/m0./s1. The minimum Gasteiger partial charge on any atom is -0.496 e. The molecular formula is C28H37N5O4. The lowest BCUT2D eigenvalue weighted by molar-refractivity contribution is 0.0973. The molecule has 2 fully saturated rings. The number of aliphatic hydroxyl groups excluding tert-OH is 1. The summed E-state index contributed by atoms with van der Waals surface area (Å²) in [6, 6.07) is 10.1. The maximum atomic E-state index is 9.75. The average Bonchev–Trinajstić information content (AvgIpc) is 2.92. The highest BCUT2D eigenvalue weighted by Crippen LogP contribution is 2.32. The highest BCUT2D eigenvalue weighted by Gasteiger charge is 2.27. The van der Waals surface area contributed by atoms with Gasteiger partial charge in [-0.1, -0.05) is 6.08 Å². The predicted molar refractivity (Wildman–Crippen MR) is 146 cm³/mol. The van der Waals surface area contributed by atoms with Crippen molar-refractivity contribution in [3.8, 4) is 17.0 Å². The number of hydrogen-bond donors (Lipinski definition) is 1. The quantitative estimate of drug-likeness (QED) is 0.517. The Morgan fingerprint density at radius 2 is 1.70 bits per heavy atom. The van der Waals surface area contributed by atoms with E-state index in [4.69, 9.17) is 29.2 Å². The average molecular weight is 508 g/mol. The number of rotatable bonds is 5. The van der Waals surface area contributed by atoms with Crippen LogP contribution in [-0.4, -0.2) is 78.8 Å². The second-order valence-corrected chi connectivity index (χ2v) is 9.24. The second-order valence-electron chi connectivity index (χ2n) is 9.24. The summed E-state index contributed by atoms with van der Waals surface area (Å²) in [5.41, 5.74) is 3.05. The normalized spacial score (nSPS) is 19.8. The Kier molecular flexibility index (Phi) is 8.91. The lowest BCUT2D eigenvalue weighted by Crippen LogP contribution is -2.46. The molecule has 0 saturated carbocycles. The molecule has 1 N–H and O–H groups in total. The maximum Gasteiger partial charge on any atom is 0.229 e. The largest absolute Gasteiger partial charge is 0.496 e. The molecule has 0 unspecified atom stereocenters. The Morgan fingerprint density at radius 1 is 1.03 bits per heavy atom. The van der Waals surface area contributed by atoms with Gasteiger partial charge in [0.25, 0.3) is 0 Å². The van der Waals surface area contributed by atoms with E-state index in [2.05, 4.69) is 30.2 Å². The topological polar surface area (TPSA) is 93.1 Å². The van der Waals surface area contributed by atoms with Crippen molar-refractivity contribution in [3.05, 3.63) is 48.6 Å². The molecule has 2 atom stereocenters. The number of methoxy groups -OCH3 is 1. The molecular weight excluding hydrogens is 470 g/mol. The van der Waals surface area contributed by atoms with Gasteiger partial charge in [-0.25, -0.2) is 4.98 Å². The molecule has 9 nitrogen and oxygen atoms in total. The maximum absolute atomic E-state index is 9.75. The van der Waals surface area contributed by atoms with Crippen molar-refractivity contribution in [3.63, 3.8) is 0 Å². The highest BCUT2D eigenvalue weighted by molar-refractivity contribution is 5.90. The number of nitrogens with zero attached hydrogens (tertiary/aromatic N) is 5. The van der Waals surface area contributed by atoms with Crippen LogP contribution in [0.25, 0.3) is 22.3 Å². The van der Waals surface area contributed by atoms with Crippen molar-refractivity contribution in [2.45, 2.75) is 39.5 Å². The molecule has 2 aromatic heterocycles. The number of allylic oxidation sites excluding steroid dienone is 1. The van der Waals surface area contributed by atoms with Crippen LogP contribution in [0, 0.1) is 0 Å². The summed E-state index contributed by atoms with van der Waals surface area (Å²) in [5, 5.41) is 10.7. The predicted octanol–water partition coefficient (Wildman–Crippen LogP) is 3.84. The molecule has 1 aromatic carbocycles. The molecule has 5 rings (SSSR count). The Balaban J connectivity index is 0.00000102. The smallest absolute Gasteiger partial charge is 0.229 e. The number of anilines is 2. The third-order valence-corrected chi connectivity index (χ3v) is 6.54. The first-order valence-corrected chi connectivity index (χ1v) is 12.7. The number of ether oxygens (including phenoxy) is 3. The molecule has 9 heteroatoms. The zero-order valence-electron chi connectivity index (χ0n) is 22.2. The van der Waals surface area contributed by atoms with Crippen LogP contribution in [-0.2, 0) is 16.1 Å². The van der Waals surface area contributed by atoms with Gasteiger partial charge in [-0.15, -0.1) is 6.58 Å². The van der Waals surface area contributed by atoms with E-state index in [9.17, 15) is 5.11 Å². The highest BCUT2D eigenvalue weighted by atomic mass is 16.5. The van der Waals surface area contributed by atoms with E-state index < -0.39 is 0 Å². The molecule has 0 spiro atoms. The van der Waals surface area contributed by atoms with Gasteiger partial charge in [0.1, 0.15) is 11.6 Å². The van der Waals surface area contributed by atoms with Crippen LogP contribution < -0.4 is 14.5 Å². The fraction of sp³-hybridized carbons (Fsp3) is 0.464. The minimum atomic E-state index is -0.106. The zero-order chi connectivity index (χ0) is 26.4. The summed E-state index contributed by atoms with van der Waals surface area (Å²) in [6.07, 6.45) is 1.75. The van der Waals surface area contributed by atoms with Crippen molar-refractivity contribution >= 4 is 22.8 Å². The van der Waals surface area contributed by atoms with E-state index in [0.29, 0.717) is 43.8 Å². The van der Waals surface area contributed by atoms with E-state index in [1.54, 1.807) is 13.2 Å². The number of hydrogen-bond acceptors (Lipinski definition) is 9. The van der Waals surface area contributed by atoms with Crippen LogP contribution in [0.1, 0.15) is 26.3 Å². The Hall–Kier alpha value is -3.27. The van der Waals surface area contributed by atoms with Gasteiger partial charge in [0.2, 0.25) is 5.95 Å². The molecule has 3 aromatic rings. The van der Waals surface area contributed by atoms with Crippen molar-refractivity contribution in [2.75, 3.05) is 56.4 Å².